The van der Waals surface area contributed by atoms with E-state index in [0.717, 1.165) is 21.8 Å². The highest BCUT2D eigenvalue weighted by Crippen LogP contribution is 2.27. The maximum absolute atomic E-state index is 9.43. The second-order valence-corrected chi connectivity index (χ2v) is 6.42. The number of thiazole rings is 1. The summed E-state index contributed by atoms with van der Waals surface area (Å²) in [5, 5.41) is 12.8. The summed E-state index contributed by atoms with van der Waals surface area (Å²) < 4.78 is 0. The molecule has 0 aliphatic rings. The Bertz CT molecular complexity index is 884. The van der Waals surface area contributed by atoms with Crippen LogP contribution in [-0.4, -0.2) is 4.98 Å². The number of hydrogen-bond acceptors (Lipinski definition) is 3. The van der Waals surface area contributed by atoms with Gasteiger partial charge in [-0.25, -0.2) is 4.98 Å². The Morgan fingerprint density at radius 2 is 1.83 bits per heavy atom. The van der Waals surface area contributed by atoms with Crippen LogP contribution < -0.4 is 0 Å². The van der Waals surface area contributed by atoms with E-state index in [1.165, 1.54) is 16.9 Å². The van der Waals surface area contributed by atoms with Gasteiger partial charge in [-0.3, -0.25) is 0 Å². The second-order valence-electron chi connectivity index (χ2n) is 5.13. The maximum atomic E-state index is 9.43. The third kappa shape index (κ3) is 3.68. The zero-order valence-electron chi connectivity index (χ0n) is 12.5. The topological polar surface area (TPSA) is 36.7 Å². The van der Waals surface area contributed by atoms with Crippen LogP contribution in [0.2, 0.25) is 5.02 Å². The maximum Gasteiger partial charge on any atom is 0.134 e. The number of aryl methyl sites for hydroxylation is 1. The summed E-state index contributed by atoms with van der Waals surface area (Å²) in [7, 11) is 0. The molecule has 3 aromatic rings. The van der Waals surface area contributed by atoms with Crippen LogP contribution in [0.3, 0.4) is 0 Å². The van der Waals surface area contributed by atoms with Gasteiger partial charge in [-0.05, 0) is 30.7 Å². The van der Waals surface area contributed by atoms with Crippen LogP contribution in [0.5, 0.6) is 0 Å². The Morgan fingerprint density at radius 3 is 2.48 bits per heavy atom. The summed E-state index contributed by atoms with van der Waals surface area (Å²) in [6.45, 7) is 2.05. The summed E-state index contributed by atoms with van der Waals surface area (Å²) in [5.74, 6) is 0. The van der Waals surface area contributed by atoms with Gasteiger partial charge in [0.15, 0.2) is 0 Å². The van der Waals surface area contributed by atoms with Crippen molar-refractivity contribution in [3.05, 3.63) is 75.1 Å². The fourth-order valence-corrected chi connectivity index (χ4v) is 3.04. The average Bonchev–Trinajstić information content (AvgIpc) is 3.05. The molecule has 4 heteroatoms. The van der Waals surface area contributed by atoms with E-state index in [9.17, 15) is 5.26 Å². The molecule has 0 bridgehead atoms. The number of nitrogens with zero attached hydrogens (tertiary/aromatic N) is 2. The predicted octanol–water partition coefficient (Wildman–Crippen LogP) is 5.84. The molecule has 0 N–H and O–H groups in total. The van der Waals surface area contributed by atoms with E-state index >= 15 is 0 Å². The van der Waals surface area contributed by atoms with Crippen LogP contribution in [0.15, 0.2) is 53.9 Å². The average molecular weight is 337 g/mol. The number of rotatable bonds is 3. The lowest BCUT2D eigenvalue weighted by molar-refractivity contribution is 1.36. The van der Waals surface area contributed by atoms with Gasteiger partial charge in [0.25, 0.3) is 0 Å². The van der Waals surface area contributed by atoms with Crippen molar-refractivity contribution in [1.82, 2.24) is 4.98 Å². The van der Waals surface area contributed by atoms with Crippen LogP contribution in [-0.2, 0) is 0 Å². The number of aromatic nitrogens is 1. The molecule has 1 heterocycles. The summed E-state index contributed by atoms with van der Waals surface area (Å²) in [5.41, 5.74) is 4.64. The number of hydrogen-bond donors (Lipinski definition) is 0. The molecule has 1 aromatic heterocycles. The number of benzene rings is 2. The Balaban J connectivity index is 1.92. The largest absolute Gasteiger partial charge is 0.235 e. The van der Waals surface area contributed by atoms with Crippen molar-refractivity contribution in [2.75, 3.05) is 0 Å². The lowest BCUT2D eigenvalue weighted by Crippen LogP contribution is -1.83. The van der Waals surface area contributed by atoms with Crippen molar-refractivity contribution in [3.8, 4) is 17.3 Å². The van der Waals surface area contributed by atoms with Crippen molar-refractivity contribution < 1.29 is 0 Å². The standard InChI is InChI=1S/C19H13ClN2S/c1-13-2-6-15(7-3-13)18-12-23-19(22-18)16(11-21)10-14-4-8-17(20)9-5-14/h2-10,12H,1H3/b16-10+. The summed E-state index contributed by atoms with van der Waals surface area (Å²) in [6, 6.07) is 17.8. The van der Waals surface area contributed by atoms with Crippen LogP contribution in [0.1, 0.15) is 16.1 Å². The van der Waals surface area contributed by atoms with Crippen molar-refractivity contribution in [3.63, 3.8) is 0 Å². The fourth-order valence-electron chi connectivity index (χ4n) is 2.12. The van der Waals surface area contributed by atoms with Gasteiger partial charge in [0.2, 0.25) is 0 Å². The van der Waals surface area contributed by atoms with Crippen molar-refractivity contribution in [1.29, 1.82) is 5.26 Å². The molecule has 0 fully saturated rings. The van der Waals surface area contributed by atoms with Gasteiger partial charge in [-0.15, -0.1) is 11.3 Å². The van der Waals surface area contributed by atoms with Crippen LogP contribution in [0.4, 0.5) is 0 Å². The number of nitriles is 1. The summed E-state index contributed by atoms with van der Waals surface area (Å²) in [6.07, 6.45) is 1.83. The number of halogens is 1. The molecule has 0 aliphatic heterocycles. The lowest BCUT2D eigenvalue weighted by Gasteiger charge is -1.98. The number of allylic oxidation sites excluding steroid dienone is 1. The predicted molar refractivity (Wildman–Crippen MR) is 97.2 cm³/mol. The van der Waals surface area contributed by atoms with Gasteiger partial charge in [-0.2, -0.15) is 5.26 Å². The first kappa shape index (κ1) is 15.5. The van der Waals surface area contributed by atoms with Crippen molar-refractivity contribution in [2.24, 2.45) is 0 Å². The zero-order valence-corrected chi connectivity index (χ0v) is 14.0. The fraction of sp³-hybridized carbons (Fsp3) is 0.0526. The van der Waals surface area contributed by atoms with E-state index in [1.54, 1.807) is 0 Å². The minimum Gasteiger partial charge on any atom is -0.235 e. The van der Waals surface area contributed by atoms with Gasteiger partial charge >= 0.3 is 0 Å². The molecule has 0 atom stereocenters. The van der Waals surface area contributed by atoms with Crippen LogP contribution in [0, 0.1) is 18.3 Å². The first-order chi connectivity index (χ1) is 11.2. The molecule has 0 unspecified atom stereocenters. The molecule has 0 saturated carbocycles. The van der Waals surface area contributed by atoms with E-state index in [2.05, 4.69) is 30.1 Å². The van der Waals surface area contributed by atoms with Gasteiger partial charge < -0.3 is 0 Å². The molecule has 112 valence electrons. The molecule has 3 rings (SSSR count). The molecule has 0 radical (unpaired) electrons. The smallest absolute Gasteiger partial charge is 0.134 e. The van der Waals surface area contributed by atoms with E-state index < -0.39 is 0 Å². The van der Waals surface area contributed by atoms with Crippen molar-refractivity contribution in [2.45, 2.75) is 6.92 Å². The minimum atomic E-state index is 0.552. The second kappa shape index (κ2) is 6.78. The molecule has 0 aliphatic carbocycles. The first-order valence-corrected chi connectivity index (χ1v) is 8.32. The Hall–Kier alpha value is -2.41. The summed E-state index contributed by atoms with van der Waals surface area (Å²) >= 11 is 7.36. The summed E-state index contributed by atoms with van der Waals surface area (Å²) in [4.78, 5) is 4.60. The Labute approximate surface area is 144 Å². The van der Waals surface area contributed by atoms with E-state index in [0.29, 0.717) is 10.6 Å². The molecule has 0 saturated heterocycles. The molecule has 0 amide bonds. The normalized spacial score (nSPS) is 11.3. The zero-order chi connectivity index (χ0) is 16.2. The third-order valence-electron chi connectivity index (χ3n) is 3.38. The molecular formula is C19H13ClN2S. The Morgan fingerprint density at radius 1 is 1.13 bits per heavy atom. The Kier molecular flexibility index (Phi) is 4.57. The molecule has 0 spiro atoms. The molecule has 2 aromatic carbocycles. The minimum absolute atomic E-state index is 0.552. The highest BCUT2D eigenvalue weighted by molar-refractivity contribution is 7.11. The van der Waals surface area contributed by atoms with Crippen molar-refractivity contribution >= 4 is 34.6 Å². The SMILES string of the molecule is Cc1ccc(-c2csc(/C(C#N)=C/c3ccc(Cl)cc3)n2)cc1. The highest BCUT2D eigenvalue weighted by atomic mass is 35.5. The first-order valence-electron chi connectivity index (χ1n) is 7.06. The molecule has 2 nitrogen and oxygen atoms in total. The quantitative estimate of drug-likeness (QED) is 0.564. The van der Waals surface area contributed by atoms with E-state index in [1.807, 2.05) is 47.9 Å². The van der Waals surface area contributed by atoms with Crippen LogP contribution >= 0.6 is 22.9 Å². The van der Waals surface area contributed by atoms with Gasteiger partial charge in [0, 0.05) is 16.0 Å². The van der Waals surface area contributed by atoms with Crippen LogP contribution in [0.25, 0.3) is 22.9 Å². The van der Waals surface area contributed by atoms with Gasteiger partial charge in [0.1, 0.15) is 11.1 Å². The lowest BCUT2D eigenvalue weighted by atomic mass is 10.1. The van der Waals surface area contributed by atoms with E-state index in [4.69, 9.17) is 11.6 Å². The molecule has 23 heavy (non-hydrogen) atoms. The third-order valence-corrected chi connectivity index (χ3v) is 4.51. The van der Waals surface area contributed by atoms with E-state index in [-0.39, 0.29) is 0 Å². The van der Waals surface area contributed by atoms with Gasteiger partial charge in [-0.1, -0.05) is 53.6 Å². The van der Waals surface area contributed by atoms with Gasteiger partial charge in [0.05, 0.1) is 11.3 Å². The molecular weight excluding hydrogens is 324 g/mol. The monoisotopic (exact) mass is 336 g/mol. The highest BCUT2D eigenvalue weighted by Gasteiger charge is 2.09.